The molecule has 1 aromatic carbocycles. The Bertz CT molecular complexity index is 644. The van der Waals surface area contributed by atoms with Gasteiger partial charge in [-0.3, -0.25) is 4.79 Å². The first-order valence-corrected chi connectivity index (χ1v) is 7.45. The maximum atomic E-state index is 12.9. The molecule has 3 rings (SSSR count). The molecule has 1 amide bonds. The van der Waals surface area contributed by atoms with E-state index in [1.165, 1.54) is 12.1 Å². The number of benzene rings is 1. The van der Waals surface area contributed by atoms with E-state index in [-0.39, 0.29) is 11.7 Å². The van der Waals surface area contributed by atoms with Crippen molar-refractivity contribution in [2.24, 2.45) is 0 Å². The van der Waals surface area contributed by atoms with Gasteiger partial charge in [0.2, 0.25) is 0 Å². The Morgan fingerprint density at radius 2 is 1.91 bits per heavy atom. The fourth-order valence-corrected chi connectivity index (χ4v) is 2.71. The third-order valence-electron chi connectivity index (χ3n) is 4.09. The van der Waals surface area contributed by atoms with Crippen molar-refractivity contribution in [3.8, 4) is 5.69 Å². The van der Waals surface area contributed by atoms with Gasteiger partial charge in [0.05, 0.1) is 5.69 Å². The van der Waals surface area contributed by atoms with Crippen LogP contribution < -0.4 is 5.32 Å². The van der Waals surface area contributed by atoms with E-state index in [4.69, 9.17) is 0 Å². The predicted octanol–water partition coefficient (Wildman–Crippen LogP) is 1.84. The normalized spacial score (nSPS) is 16.0. The van der Waals surface area contributed by atoms with Crippen LogP contribution in [0.5, 0.6) is 0 Å². The average Bonchev–Trinajstić information content (AvgIpc) is 3.05. The van der Waals surface area contributed by atoms with Crippen molar-refractivity contribution in [1.82, 2.24) is 20.0 Å². The Balaban J connectivity index is 1.71. The van der Waals surface area contributed by atoms with Gasteiger partial charge in [-0.15, -0.1) is 0 Å². The van der Waals surface area contributed by atoms with Crippen molar-refractivity contribution in [3.63, 3.8) is 0 Å². The molecule has 6 heteroatoms. The highest BCUT2D eigenvalue weighted by Gasteiger charge is 2.24. The number of nitrogens with zero attached hydrogens (tertiary/aromatic N) is 3. The molecule has 0 atom stereocenters. The molecule has 1 aliphatic rings. The van der Waals surface area contributed by atoms with Gasteiger partial charge in [0.15, 0.2) is 5.69 Å². The lowest BCUT2D eigenvalue weighted by molar-refractivity contribution is 0.0701. The Morgan fingerprint density at radius 1 is 1.23 bits per heavy atom. The molecule has 22 heavy (non-hydrogen) atoms. The fourth-order valence-electron chi connectivity index (χ4n) is 2.71. The summed E-state index contributed by atoms with van der Waals surface area (Å²) in [4.78, 5) is 14.3. The summed E-state index contributed by atoms with van der Waals surface area (Å²) in [6.45, 7) is 1.49. The lowest BCUT2D eigenvalue weighted by Gasteiger charge is -2.31. The number of piperidine rings is 1. The quantitative estimate of drug-likeness (QED) is 0.941. The molecule has 1 saturated heterocycles. The first-order chi connectivity index (χ1) is 10.7. The molecule has 1 aliphatic heterocycles. The number of nitrogens with one attached hydrogen (secondary N) is 1. The maximum Gasteiger partial charge on any atom is 0.274 e. The van der Waals surface area contributed by atoms with E-state index in [1.807, 2.05) is 11.9 Å². The highest BCUT2D eigenvalue weighted by Crippen LogP contribution is 2.14. The minimum Gasteiger partial charge on any atom is -0.337 e. The Labute approximate surface area is 128 Å². The SMILES string of the molecule is CNC1CCN(C(=O)c2ccn(-c3ccc(F)cc3)n2)CC1. The van der Waals surface area contributed by atoms with Gasteiger partial charge >= 0.3 is 0 Å². The smallest absolute Gasteiger partial charge is 0.274 e. The molecule has 0 spiro atoms. The highest BCUT2D eigenvalue weighted by molar-refractivity contribution is 5.92. The van der Waals surface area contributed by atoms with Gasteiger partial charge in [0, 0.05) is 25.3 Å². The minimum absolute atomic E-state index is 0.0459. The minimum atomic E-state index is -0.292. The standard InChI is InChI=1S/C16H19FN4O/c1-18-13-6-9-20(10-7-13)16(22)15-8-11-21(19-15)14-4-2-12(17)3-5-14/h2-5,8,11,13,18H,6-7,9-10H2,1H3. The molecular formula is C16H19FN4O. The van der Waals surface area contributed by atoms with Crippen LogP contribution in [0.1, 0.15) is 23.3 Å². The van der Waals surface area contributed by atoms with Crippen molar-refractivity contribution >= 4 is 5.91 Å². The zero-order valence-electron chi connectivity index (χ0n) is 12.5. The summed E-state index contributed by atoms with van der Waals surface area (Å²) in [5.74, 6) is -0.338. The number of halogens is 1. The Morgan fingerprint density at radius 3 is 2.55 bits per heavy atom. The summed E-state index contributed by atoms with van der Waals surface area (Å²) in [7, 11) is 1.95. The van der Waals surface area contributed by atoms with Crippen molar-refractivity contribution in [3.05, 3.63) is 48.0 Å². The number of carbonyl (C=O) groups is 1. The van der Waals surface area contributed by atoms with Gasteiger partial charge < -0.3 is 10.2 Å². The van der Waals surface area contributed by atoms with Crippen LogP contribution in [0, 0.1) is 5.82 Å². The Hall–Kier alpha value is -2.21. The number of amides is 1. The van der Waals surface area contributed by atoms with Crippen LogP contribution in [-0.2, 0) is 0 Å². The molecule has 0 aliphatic carbocycles. The molecule has 1 N–H and O–H groups in total. The van der Waals surface area contributed by atoms with Gasteiger partial charge in [0.25, 0.3) is 5.91 Å². The van der Waals surface area contributed by atoms with Gasteiger partial charge in [-0.25, -0.2) is 9.07 Å². The van der Waals surface area contributed by atoms with Gasteiger partial charge in [-0.2, -0.15) is 5.10 Å². The number of carbonyl (C=O) groups excluding carboxylic acids is 1. The van der Waals surface area contributed by atoms with Crippen molar-refractivity contribution in [1.29, 1.82) is 0 Å². The first-order valence-electron chi connectivity index (χ1n) is 7.45. The molecule has 5 nitrogen and oxygen atoms in total. The molecule has 2 aromatic rings. The third kappa shape index (κ3) is 3.01. The molecule has 1 aromatic heterocycles. The van der Waals surface area contributed by atoms with Crippen molar-refractivity contribution in [2.45, 2.75) is 18.9 Å². The molecule has 116 valence electrons. The zero-order chi connectivity index (χ0) is 15.5. The Kier molecular flexibility index (Phi) is 4.20. The van der Waals surface area contributed by atoms with Crippen LogP contribution in [0.25, 0.3) is 5.69 Å². The summed E-state index contributed by atoms with van der Waals surface area (Å²) >= 11 is 0. The van der Waals surface area contributed by atoms with Crippen LogP contribution in [0.15, 0.2) is 36.5 Å². The highest BCUT2D eigenvalue weighted by atomic mass is 19.1. The van der Waals surface area contributed by atoms with Crippen LogP contribution in [0.2, 0.25) is 0 Å². The summed E-state index contributed by atoms with van der Waals surface area (Å²) < 4.78 is 14.5. The summed E-state index contributed by atoms with van der Waals surface area (Å²) in [6.07, 6.45) is 3.64. The summed E-state index contributed by atoms with van der Waals surface area (Å²) in [5.41, 5.74) is 1.15. The second-order valence-corrected chi connectivity index (χ2v) is 5.48. The number of hydrogen-bond donors (Lipinski definition) is 1. The summed E-state index contributed by atoms with van der Waals surface area (Å²) in [6, 6.07) is 8.21. The lowest BCUT2D eigenvalue weighted by atomic mass is 10.1. The zero-order valence-corrected chi connectivity index (χ0v) is 12.5. The summed E-state index contributed by atoms with van der Waals surface area (Å²) in [5, 5.41) is 7.56. The van der Waals surface area contributed by atoms with Crippen molar-refractivity contribution < 1.29 is 9.18 Å². The van der Waals surface area contributed by atoms with Crippen LogP contribution in [-0.4, -0.2) is 46.8 Å². The number of hydrogen-bond acceptors (Lipinski definition) is 3. The largest absolute Gasteiger partial charge is 0.337 e. The van der Waals surface area contributed by atoms with E-state index in [2.05, 4.69) is 10.4 Å². The van der Waals surface area contributed by atoms with E-state index in [0.29, 0.717) is 11.7 Å². The van der Waals surface area contributed by atoms with Gasteiger partial charge in [0.1, 0.15) is 5.82 Å². The van der Waals surface area contributed by atoms with Gasteiger partial charge in [-0.05, 0) is 50.2 Å². The topological polar surface area (TPSA) is 50.2 Å². The molecule has 0 radical (unpaired) electrons. The van der Waals surface area contributed by atoms with E-state index in [1.54, 1.807) is 29.1 Å². The molecule has 0 bridgehead atoms. The number of likely N-dealkylation sites (tertiary alicyclic amines) is 1. The van der Waals surface area contributed by atoms with Crippen LogP contribution >= 0.6 is 0 Å². The lowest BCUT2D eigenvalue weighted by Crippen LogP contribution is -2.44. The van der Waals surface area contributed by atoms with E-state index in [9.17, 15) is 9.18 Å². The first kappa shape index (κ1) is 14.7. The van der Waals surface area contributed by atoms with E-state index in [0.717, 1.165) is 31.6 Å². The van der Waals surface area contributed by atoms with Crippen LogP contribution in [0.4, 0.5) is 4.39 Å². The molecular weight excluding hydrogens is 283 g/mol. The predicted molar refractivity (Wildman–Crippen MR) is 81.5 cm³/mol. The van der Waals surface area contributed by atoms with E-state index < -0.39 is 0 Å². The second kappa shape index (κ2) is 6.27. The molecule has 1 fully saturated rings. The number of aromatic nitrogens is 2. The van der Waals surface area contributed by atoms with E-state index >= 15 is 0 Å². The maximum absolute atomic E-state index is 12.9. The molecule has 0 saturated carbocycles. The molecule has 2 heterocycles. The van der Waals surface area contributed by atoms with Crippen molar-refractivity contribution in [2.75, 3.05) is 20.1 Å². The average molecular weight is 302 g/mol. The van der Waals surface area contributed by atoms with Crippen LogP contribution in [0.3, 0.4) is 0 Å². The third-order valence-corrected chi connectivity index (χ3v) is 4.09. The monoisotopic (exact) mass is 302 g/mol. The van der Waals surface area contributed by atoms with Gasteiger partial charge in [-0.1, -0.05) is 0 Å². The fraction of sp³-hybridized carbons (Fsp3) is 0.375. The number of rotatable bonds is 3. The molecule has 0 unspecified atom stereocenters. The second-order valence-electron chi connectivity index (χ2n) is 5.48.